The van der Waals surface area contributed by atoms with Gasteiger partial charge >= 0.3 is 0 Å². The minimum Gasteiger partial charge on any atom is -0.357 e. The highest BCUT2D eigenvalue weighted by Gasteiger charge is 2.31. The molecule has 1 aliphatic rings. The molecule has 2 aromatic rings. The molecule has 2 amide bonds. The number of carbonyl (C=O) groups is 2. The Kier molecular flexibility index (Phi) is 5.62. The molecular weight excluding hydrogens is 368 g/mol. The lowest BCUT2D eigenvalue weighted by atomic mass is 10.1. The number of nitrogens with one attached hydrogen (secondary N) is 3. The van der Waals surface area contributed by atoms with Gasteiger partial charge in [-0.1, -0.05) is 12.5 Å². The summed E-state index contributed by atoms with van der Waals surface area (Å²) in [6.07, 6.45) is 4.25. The van der Waals surface area contributed by atoms with E-state index in [-0.39, 0.29) is 16.5 Å². The van der Waals surface area contributed by atoms with E-state index in [9.17, 15) is 18.0 Å². The van der Waals surface area contributed by atoms with Crippen LogP contribution in [0.5, 0.6) is 0 Å². The fourth-order valence-electron chi connectivity index (χ4n) is 3.09. The third-order valence-electron chi connectivity index (χ3n) is 4.58. The standard InChI is InChI=1S/C18H22N4O4S/c1-13-6-2-3-11-22(13)27(25,26)15-8-4-7-14(12-15)17(23)20-21-18(24)16-9-5-10-19-16/h4-5,7-10,12-13,19H,2-3,6,11H2,1H3,(H,20,23)(H,21,24)/t13-/m0/s1. The summed E-state index contributed by atoms with van der Waals surface area (Å²) < 4.78 is 27.3. The topological polar surface area (TPSA) is 111 Å². The molecule has 1 aliphatic heterocycles. The van der Waals surface area contributed by atoms with Crippen LogP contribution in [0.25, 0.3) is 0 Å². The number of aromatic nitrogens is 1. The van der Waals surface area contributed by atoms with E-state index in [0.29, 0.717) is 12.2 Å². The van der Waals surface area contributed by atoms with Gasteiger partial charge in [-0.3, -0.25) is 20.4 Å². The summed E-state index contributed by atoms with van der Waals surface area (Å²) >= 11 is 0. The maximum absolute atomic E-state index is 12.9. The van der Waals surface area contributed by atoms with Gasteiger partial charge in [0.1, 0.15) is 5.69 Å². The van der Waals surface area contributed by atoms with Crippen LogP contribution in [-0.4, -0.2) is 42.1 Å². The Morgan fingerprint density at radius 2 is 1.89 bits per heavy atom. The van der Waals surface area contributed by atoms with Crippen LogP contribution >= 0.6 is 0 Å². The summed E-state index contributed by atoms with van der Waals surface area (Å²) in [5.74, 6) is -1.10. The number of rotatable bonds is 4. The molecule has 0 unspecified atom stereocenters. The molecule has 8 nitrogen and oxygen atoms in total. The van der Waals surface area contributed by atoms with Gasteiger partial charge in [0.15, 0.2) is 0 Å². The molecule has 1 saturated heterocycles. The number of sulfonamides is 1. The van der Waals surface area contributed by atoms with E-state index in [1.807, 2.05) is 6.92 Å². The zero-order valence-electron chi connectivity index (χ0n) is 14.9. The molecule has 2 heterocycles. The second-order valence-corrected chi connectivity index (χ2v) is 8.37. The summed E-state index contributed by atoms with van der Waals surface area (Å²) in [6, 6.07) is 8.97. The molecule has 144 valence electrons. The minimum atomic E-state index is -3.67. The van der Waals surface area contributed by atoms with Gasteiger partial charge < -0.3 is 4.98 Å². The average Bonchev–Trinajstić information content (AvgIpc) is 3.21. The van der Waals surface area contributed by atoms with Gasteiger partial charge in [0.25, 0.3) is 11.8 Å². The number of nitrogens with zero attached hydrogens (tertiary/aromatic N) is 1. The summed E-state index contributed by atoms with van der Waals surface area (Å²) in [6.45, 7) is 2.37. The van der Waals surface area contributed by atoms with Crippen LogP contribution in [0.2, 0.25) is 0 Å². The molecule has 1 aromatic carbocycles. The molecule has 3 N–H and O–H groups in total. The van der Waals surface area contributed by atoms with Gasteiger partial charge in [-0.25, -0.2) is 8.42 Å². The maximum atomic E-state index is 12.9. The Morgan fingerprint density at radius 3 is 2.59 bits per heavy atom. The van der Waals surface area contributed by atoms with Crippen molar-refractivity contribution in [3.63, 3.8) is 0 Å². The third kappa shape index (κ3) is 4.20. The van der Waals surface area contributed by atoms with E-state index in [1.54, 1.807) is 18.3 Å². The van der Waals surface area contributed by atoms with Crippen LogP contribution in [0, 0.1) is 0 Å². The van der Waals surface area contributed by atoms with Gasteiger partial charge in [-0.15, -0.1) is 0 Å². The fraction of sp³-hybridized carbons (Fsp3) is 0.333. The van der Waals surface area contributed by atoms with Crippen LogP contribution in [0.4, 0.5) is 0 Å². The molecule has 0 radical (unpaired) electrons. The van der Waals surface area contributed by atoms with Crippen LogP contribution in [-0.2, 0) is 10.0 Å². The number of aromatic amines is 1. The van der Waals surface area contributed by atoms with Crippen molar-refractivity contribution >= 4 is 21.8 Å². The lowest BCUT2D eigenvalue weighted by Crippen LogP contribution is -2.42. The van der Waals surface area contributed by atoms with Crippen molar-refractivity contribution in [3.05, 3.63) is 53.9 Å². The Hall–Kier alpha value is -2.65. The molecule has 0 saturated carbocycles. The minimum absolute atomic E-state index is 0.0682. The zero-order chi connectivity index (χ0) is 19.4. The first kappa shape index (κ1) is 19.1. The molecular formula is C18H22N4O4S. The first-order chi connectivity index (χ1) is 12.9. The van der Waals surface area contributed by atoms with Gasteiger partial charge in [0, 0.05) is 24.3 Å². The van der Waals surface area contributed by atoms with E-state index in [4.69, 9.17) is 0 Å². The number of carbonyl (C=O) groups excluding carboxylic acids is 2. The van der Waals surface area contributed by atoms with Crippen LogP contribution in [0.15, 0.2) is 47.5 Å². The number of piperidine rings is 1. The van der Waals surface area contributed by atoms with Gasteiger partial charge in [-0.2, -0.15) is 4.31 Å². The van der Waals surface area contributed by atoms with Crippen LogP contribution < -0.4 is 10.9 Å². The Morgan fingerprint density at radius 1 is 1.11 bits per heavy atom. The molecule has 0 bridgehead atoms. The molecule has 1 fully saturated rings. The van der Waals surface area contributed by atoms with Gasteiger partial charge in [0.05, 0.1) is 4.90 Å². The number of hydrogen-bond donors (Lipinski definition) is 3. The molecule has 3 rings (SSSR count). The second-order valence-electron chi connectivity index (χ2n) is 6.48. The molecule has 1 atom stereocenters. The van der Waals surface area contributed by atoms with Crippen molar-refractivity contribution in [3.8, 4) is 0 Å². The number of hydrazine groups is 1. The third-order valence-corrected chi connectivity index (χ3v) is 6.59. The first-order valence-corrected chi connectivity index (χ1v) is 10.2. The van der Waals surface area contributed by atoms with Crippen LogP contribution in [0.3, 0.4) is 0 Å². The number of benzene rings is 1. The molecule has 1 aromatic heterocycles. The SMILES string of the molecule is C[C@H]1CCCCN1S(=O)(=O)c1cccc(C(=O)NNC(=O)c2ccc[nH]2)c1. The predicted octanol–water partition coefficient (Wildman–Crippen LogP) is 1.65. The quantitative estimate of drug-likeness (QED) is 0.689. The van der Waals surface area contributed by atoms with Crippen molar-refractivity contribution in [1.82, 2.24) is 20.1 Å². The summed E-state index contributed by atoms with van der Waals surface area (Å²) in [5.41, 5.74) is 5.01. The normalized spacial score (nSPS) is 18.0. The zero-order valence-corrected chi connectivity index (χ0v) is 15.8. The second kappa shape index (κ2) is 7.93. The van der Waals surface area contributed by atoms with Crippen molar-refractivity contribution in [2.24, 2.45) is 0 Å². The highest BCUT2D eigenvalue weighted by atomic mass is 32.2. The van der Waals surface area contributed by atoms with E-state index in [2.05, 4.69) is 15.8 Å². The molecule has 27 heavy (non-hydrogen) atoms. The summed E-state index contributed by atoms with van der Waals surface area (Å²) in [5, 5.41) is 0. The highest BCUT2D eigenvalue weighted by Crippen LogP contribution is 2.25. The van der Waals surface area contributed by atoms with Crippen LogP contribution in [0.1, 0.15) is 47.0 Å². The number of amides is 2. The first-order valence-electron chi connectivity index (χ1n) is 8.75. The molecule has 0 aliphatic carbocycles. The number of H-pyrrole nitrogens is 1. The molecule has 0 spiro atoms. The van der Waals surface area contributed by atoms with Crippen molar-refractivity contribution in [2.75, 3.05) is 6.54 Å². The summed E-state index contributed by atoms with van der Waals surface area (Å²) in [7, 11) is -3.67. The smallest absolute Gasteiger partial charge is 0.286 e. The maximum Gasteiger partial charge on any atom is 0.286 e. The Bertz CT molecular complexity index is 925. The average molecular weight is 390 g/mol. The molecule has 9 heteroatoms. The van der Waals surface area contributed by atoms with E-state index in [0.717, 1.165) is 19.3 Å². The largest absolute Gasteiger partial charge is 0.357 e. The monoisotopic (exact) mass is 390 g/mol. The van der Waals surface area contributed by atoms with Crippen molar-refractivity contribution in [2.45, 2.75) is 37.1 Å². The van der Waals surface area contributed by atoms with Gasteiger partial charge in [0.2, 0.25) is 10.0 Å². The predicted molar refractivity (Wildman–Crippen MR) is 99.4 cm³/mol. The fourth-order valence-corrected chi connectivity index (χ4v) is 4.83. The highest BCUT2D eigenvalue weighted by molar-refractivity contribution is 7.89. The Balaban J connectivity index is 1.72. The van der Waals surface area contributed by atoms with Crippen molar-refractivity contribution < 1.29 is 18.0 Å². The lowest BCUT2D eigenvalue weighted by Gasteiger charge is -2.32. The van der Waals surface area contributed by atoms with E-state index < -0.39 is 21.8 Å². The van der Waals surface area contributed by atoms with Crippen molar-refractivity contribution in [1.29, 1.82) is 0 Å². The van der Waals surface area contributed by atoms with Gasteiger partial charge in [-0.05, 0) is 50.1 Å². The summed E-state index contributed by atoms with van der Waals surface area (Å²) in [4.78, 5) is 26.9. The van der Waals surface area contributed by atoms with E-state index >= 15 is 0 Å². The lowest BCUT2D eigenvalue weighted by molar-refractivity contribution is 0.0844. The van der Waals surface area contributed by atoms with E-state index in [1.165, 1.54) is 28.6 Å². The Labute approximate surface area is 158 Å². The number of hydrogen-bond acceptors (Lipinski definition) is 4.